The smallest absolute Gasteiger partial charge is 0.255 e. The van der Waals surface area contributed by atoms with Gasteiger partial charge in [-0.2, -0.15) is 0 Å². The number of nitrogens with zero attached hydrogens (tertiary/aromatic N) is 1. The predicted molar refractivity (Wildman–Crippen MR) is 99.3 cm³/mol. The number of aryl methyl sites for hydroxylation is 1. The maximum Gasteiger partial charge on any atom is 0.255 e. The van der Waals surface area contributed by atoms with Crippen LogP contribution in [0.3, 0.4) is 0 Å². The molecule has 0 unspecified atom stereocenters. The molecule has 0 radical (unpaired) electrons. The minimum absolute atomic E-state index is 0.0413. The van der Waals surface area contributed by atoms with Gasteiger partial charge in [-0.15, -0.1) is 0 Å². The van der Waals surface area contributed by atoms with Gasteiger partial charge >= 0.3 is 0 Å². The van der Waals surface area contributed by atoms with Gasteiger partial charge in [0.05, 0.1) is 0 Å². The van der Waals surface area contributed by atoms with Gasteiger partial charge < -0.3 is 5.32 Å². The number of piperidine rings is 1. The summed E-state index contributed by atoms with van der Waals surface area (Å²) in [6.45, 7) is 5.47. The third-order valence-corrected chi connectivity index (χ3v) is 4.72. The summed E-state index contributed by atoms with van der Waals surface area (Å²) < 4.78 is 0. The maximum atomic E-state index is 12.5. The van der Waals surface area contributed by atoms with Crippen molar-refractivity contribution in [2.24, 2.45) is 0 Å². The topological polar surface area (TPSA) is 32.3 Å². The quantitative estimate of drug-likeness (QED) is 0.880. The second-order valence-corrected chi connectivity index (χ2v) is 6.50. The van der Waals surface area contributed by atoms with Crippen LogP contribution in [0.1, 0.15) is 47.7 Å². The van der Waals surface area contributed by atoms with Crippen LogP contribution in [0.25, 0.3) is 0 Å². The molecule has 1 heterocycles. The zero-order valence-corrected chi connectivity index (χ0v) is 14.4. The van der Waals surface area contributed by atoms with E-state index in [2.05, 4.69) is 35.3 Å². The summed E-state index contributed by atoms with van der Waals surface area (Å²) >= 11 is 0. The molecule has 0 atom stereocenters. The van der Waals surface area contributed by atoms with Crippen molar-refractivity contribution in [3.8, 4) is 0 Å². The lowest BCUT2D eigenvalue weighted by Gasteiger charge is -2.26. The number of nitrogens with one attached hydrogen (secondary N) is 1. The maximum absolute atomic E-state index is 12.5. The zero-order chi connectivity index (χ0) is 16.8. The van der Waals surface area contributed by atoms with E-state index in [1.54, 1.807) is 0 Å². The Morgan fingerprint density at radius 2 is 1.71 bits per heavy atom. The first-order valence-corrected chi connectivity index (χ1v) is 8.97. The van der Waals surface area contributed by atoms with Crippen LogP contribution in [0.4, 0.5) is 5.69 Å². The van der Waals surface area contributed by atoms with E-state index in [-0.39, 0.29) is 5.91 Å². The molecule has 0 aromatic heterocycles. The zero-order valence-electron chi connectivity index (χ0n) is 14.4. The molecule has 0 aliphatic carbocycles. The Morgan fingerprint density at radius 1 is 1.00 bits per heavy atom. The molecule has 3 nitrogen and oxygen atoms in total. The Balaban J connectivity index is 1.63. The highest BCUT2D eigenvalue weighted by atomic mass is 16.1. The van der Waals surface area contributed by atoms with Gasteiger partial charge in [-0.3, -0.25) is 9.69 Å². The first-order valence-electron chi connectivity index (χ1n) is 8.97. The van der Waals surface area contributed by atoms with Gasteiger partial charge in [0, 0.05) is 17.8 Å². The number of carbonyl (C=O) groups is 1. The van der Waals surface area contributed by atoms with Crippen molar-refractivity contribution in [3.05, 3.63) is 65.2 Å². The molecule has 1 saturated heterocycles. The van der Waals surface area contributed by atoms with E-state index < -0.39 is 0 Å². The molecule has 24 heavy (non-hydrogen) atoms. The number of hydrogen-bond acceptors (Lipinski definition) is 2. The average Bonchev–Trinajstić information content (AvgIpc) is 2.63. The van der Waals surface area contributed by atoms with Gasteiger partial charge in [-0.1, -0.05) is 43.7 Å². The molecule has 0 saturated carbocycles. The largest absolute Gasteiger partial charge is 0.322 e. The van der Waals surface area contributed by atoms with Crippen molar-refractivity contribution in [2.45, 2.75) is 39.2 Å². The number of benzene rings is 2. The first-order chi connectivity index (χ1) is 11.8. The van der Waals surface area contributed by atoms with Crippen molar-refractivity contribution in [1.82, 2.24) is 4.90 Å². The summed E-state index contributed by atoms with van der Waals surface area (Å²) in [4.78, 5) is 15.0. The van der Waals surface area contributed by atoms with E-state index >= 15 is 0 Å². The molecule has 1 aliphatic rings. The standard InChI is InChI=1S/C21H26N2O/c1-2-18-8-4-5-9-20(18)22-21(24)19-12-10-17(11-13-19)16-23-14-6-3-7-15-23/h4-5,8-13H,2-3,6-7,14-16H2,1H3,(H,22,24). The summed E-state index contributed by atoms with van der Waals surface area (Å²) in [5.74, 6) is -0.0413. The number of likely N-dealkylation sites (tertiary alicyclic amines) is 1. The van der Waals surface area contributed by atoms with Gasteiger partial charge in [0.15, 0.2) is 0 Å². The molecule has 2 aromatic rings. The molecule has 0 spiro atoms. The molecule has 1 N–H and O–H groups in total. The van der Waals surface area contributed by atoms with Crippen LogP contribution in [0.15, 0.2) is 48.5 Å². The number of hydrogen-bond donors (Lipinski definition) is 1. The van der Waals surface area contributed by atoms with Crippen LogP contribution in [-0.4, -0.2) is 23.9 Å². The second kappa shape index (κ2) is 8.11. The van der Waals surface area contributed by atoms with Crippen LogP contribution in [0.2, 0.25) is 0 Å². The first kappa shape index (κ1) is 16.7. The lowest BCUT2D eigenvalue weighted by Crippen LogP contribution is -2.29. The van der Waals surface area contributed by atoms with Gasteiger partial charge in [0.2, 0.25) is 0 Å². The molecule has 1 fully saturated rings. The third kappa shape index (κ3) is 4.24. The molecule has 0 bridgehead atoms. The molecular formula is C21H26N2O. The molecule has 2 aromatic carbocycles. The number of para-hydroxylation sites is 1. The van der Waals surface area contributed by atoms with E-state index in [0.717, 1.165) is 24.2 Å². The molecule has 3 rings (SSSR count). The van der Waals surface area contributed by atoms with Crippen molar-refractivity contribution in [1.29, 1.82) is 0 Å². The Bertz CT molecular complexity index is 672. The molecule has 3 heteroatoms. The van der Waals surface area contributed by atoms with Crippen molar-refractivity contribution < 1.29 is 4.79 Å². The van der Waals surface area contributed by atoms with Crippen LogP contribution >= 0.6 is 0 Å². The number of amides is 1. The molecule has 1 aliphatic heterocycles. The Morgan fingerprint density at radius 3 is 2.42 bits per heavy atom. The highest BCUT2D eigenvalue weighted by Gasteiger charge is 2.12. The third-order valence-electron chi connectivity index (χ3n) is 4.72. The summed E-state index contributed by atoms with van der Waals surface area (Å²) in [6.07, 6.45) is 4.87. The van der Waals surface area contributed by atoms with Gasteiger partial charge in [0.1, 0.15) is 0 Å². The highest BCUT2D eigenvalue weighted by molar-refractivity contribution is 6.04. The van der Waals surface area contributed by atoms with Crippen LogP contribution in [0.5, 0.6) is 0 Å². The minimum Gasteiger partial charge on any atom is -0.322 e. The Labute approximate surface area is 144 Å². The molecular weight excluding hydrogens is 296 g/mol. The fraction of sp³-hybridized carbons (Fsp3) is 0.381. The summed E-state index contributed by atoms with van der Waals surface area (Å²) in [6, 6.07) is 16.0. The monoisotopic (exact) mass is 322 g/mol. The highest BCUT2D eigenvalue weighted by Crippen LogP contribution is 2.18. The van der Waals surface area contributed by atoms with Crippen LogP contribution in [0, 0.1) is 0 Å². The second-order valence-electron chi connectivity index (χ2n) is 6.50. The SMILES string of the molecule is CCc1ccccc1NC(=O)c1ccc(CN2CCCCC2)cc1. The van der Waals surface area contributed by atoms with E-state index in [1.807, 2.05) is 30.3 Å². The summed E-state index contributed by atoms with van der Waals surface area (Å²) in [7, 11) is 0. The fourth-order valence-electron chi connectivity index (χ4n) is 3.28. The van der Waals surface area contributed by atoms with Gasteiger partial charge in [-0.25, -0.2) is 0 Å². The van der Waals surface area contributed by atoms with Crippen LogP contribution < -0.4 is 5.32 Å². The van der Waals surface area contributed by atoms with Crippen LogP contribution in [-0.2, 0) is 13.0 Å². The van der Waals surface area contributed by atoms with E-state index in [1.165, 1.54) is 37.9 Å². The normalized spacial score (nSPS) is 15.2. The summed E-state index contributed by atoms with van der Waals surface area (Å²) in [5.41, 5.74) is 4.06. The van der Waals surface area contributed by atoms with E-state index in [4.69, 9.17) is 0 Å². The minimum atomic E-state index is -0.0413. The fourth-order valence-corrected chi connectivity index (χ4v) is 3.28. The number of rotatable bonds is 5. The lowest BCUT2D eigenvalue weighted by molar-refractivity contribution is 0.102. The van der Waals surface area contributed by atoms with Crippen molar-refractivity contribution >= 4 is 11.6 Å². The number of carbonyl (C=O) groups excluding carboxylic acids is 1. The van der Waals surface area contributed by atoms with E-state index in [0.29, 0.717) is 5.56 Å². The average molecular weight is 322 g/mol. The van der Waals surface area contributed by atoms with Gasteiger partial charge in [0.25, 0.3) is 5.91 Å². The molecule has 126 valence electrons. The Hall–Kier alpha value is -2.13. The number of anilines is 1. The molecule has 1 amide bonds. The van der Waals surface area contributed by atoms with Gasteiger partial charge in [-0.05, 0) is 61.7 Å². The van der Waals surface area contributed by atoms with Crippen molar-refractivity contribution in [2.75, 3.05) is 18.4 Å². The Kier molecular flexibility index (Phi) is 5.65. The van der Waals surface area contributed by atoms with E-state index in [9.17, 15) is 4.79 Å². The summed E-state index contributed by atoms with van der Waals surface area (Å²) in [5, 5.41) is 3.03. The predicted octanol–water partition coefficient (Wildman–Crippen LogP) is 4.49. The van der Waals surface area contributed by atoms with Crippen molar-refractivity contribution in [3.63, 3.8) is 0 Å². The lowest BCUT2D eigenvalue weighted by atomic mass is 10.1.